The number of carbonyl (C=O) groups excluding carboxylic acids is 1. The summed E-state index contributed by atoms with van der Waals surface area (Å²) < 4.78 is 57.0. The first kappa shape index (κ1) is 16.9. The van der Waals surface area contributed by atoms with Gasteiger partial charge in [0.15, 0.2) is 11.6 Å². The number of esters is 1. The molecular formula is C15H13F2NO4S. The van der Waals surface area contributed by atoms with Crippen molar-refractivity contribution < 1.29 is 26.7 Å². The van der Waals surface area contributed by atoms with Gasteiger partial charge < -0.3 is 4.74 Å². The molecule has 0 N–H and O–H groups in total. The summed E-state index contributed by atoms with van der Waals surface area (Å²) >= 11 is 0. The molecule has 122 valence electrons. The average molecular weight is 341 g/mol. The molecule has 0 aliphatic carbocycles. The topological polar surface area (TPSA) is 63.7 Å². The number of methoxy groups -OCH3 is 1. The highest BCUT2D eigenvalue weighted by atomic mass is 32.2. The molecule has 5 nitrogen and oxygen atoms in total. The monoisotopic (exact) mass is 341 g/mol. The van der Waals surface area contributed by atoms with Crippen LogP contribution in [0.3, 0.4) is 0 Å². The van der Waals surface area contributed by atoms with Crippen LogP contribution in [-0.4, -0.2) is 28.0 Å². The quantitative estimate of drug-likeness (QED) is 0.783. The normalized spacial score (nSPS) is 11.1. The number of hydrogen-bond acceptors (Lipinski definition) is 4. The molecule has 8 heteroatoms. The zero-order chi connectivity index (χ0) is 17.0. The Morgan fingerprint density at radius 2 is 1.74 bits per heavy atom. The van der Waals surface area contributed by atoms with Crippen molar-refractivity contribution in [3.63, 3.8) is 0 Å². The fraction of sp³-hybridized carbons (Fsp3) is 0.133. The molecular weight excluding hydrogens is 328 g/mol. The lowest BCUT2D eigenvalue weighted by molar-refractivity contribution is -0.138. The Morgan fingerprint density at radius 3 is 2.30 bits per heavy atom. The minimum atomic E-state index is -4.15. The van der Waals surface area contributed by atoms with Crippen LogP contribution in [0.5, 0.6) is 0 Å². The summed E-state index contributed by atoms with van der Waals surface area (Å²) in [5, 5.41) is 0. The second-order valence-electron chi connectivity index (χ2n) is 4.50. The van der Waals surface area contributed by atoms with Crippen molar-refractivity contribution in [2.24, 2.45) is 0 Å². The van der Waals surface area contributed by atoms with E-state index in [9.17, 15) is 22.0 Å². The highest BCUT2D eigenvalue weighted by Gasteiger charge is 2.28. The van der Waals surface area contributed by atoms with Crippen molar-refractivity contribution in [3.05, 3.63) is 60.2 Å². The van der Waals surface area contributed by atoms with Crippen LogP contribution in [-0.2, 0) is 19.6 Å². The Bertz CT molecular complexity index is 809. The molecule has 0 radical (unpaired) electrons. The lowest BCUT2D eigenvalue weighted by Gasteiger charge is -2.23. The molecule has 2 aromatic carbocycles. The van der Waals surface area contributed by atoms with Gasteiger partial charge in [0, 0.05) is 6.07 Å². The van der Waals surface area contributed by atoms with Crippen LogP contribution in [0.25, 0.3) is 0 Å². The minimum absolute atomic E-state index is 0.0892. The number of rotatable bonds is 5. The fourth-order valence-corrected chi connectivity index (χ4v) is 3.28. The van der Waals surface area contributed by atoms with Crippen molar-refractivity contribution in [2.75, 3.05) is 18.0 Å². The van der Waals surface area contributed by atoms with Crippen molar-refractivity contribution in [1.29, 1.82) is 0 Å². The number of nitrogens with zero attached hydrogens (tertiary/aromatic N) is 1. The number of benzene rings is 2. The van der Waals surface area contributed by atoms with E-state index < -0.39 is 34.2 Å². The standard InChI is InChI=1S/C15H13F2NO4S/c1-22-15(19)10-18(11-7-8-13(16)14(17)9-11)23(20,21)12-5-3-2-4-6-12/h2-9H,10H2,1H3. The molecule has 0 fully saturated rings. The van der Waals surface area contributed by atoms with Crippen molar-refractivity contribution in [1.82, 2.24) is 0 Å². The van der Waals surface area contributed by atoms with E-state index in [1.54, 1.807) is 6.07 Å². The SMILES string of the molecule is COC(=O)CN(c1ccc(F)c(F)c1)S(=O)(=O)c1ccccc1. The second kappa shape index (κ2) is 6.74. The lowest BCUT2D eigenvalue weighted by atomic mass is 10.3. The maximum absolute atomic E-state index is 13.4. The zero-order valence-electron chi connectivity index (χ0n) is 12.1. The van der Waals surface area contributed by atoms with Gasteiger partial charge in [-0.15, -0.1) is 0 Å². The molecule has 0 aliphatic rings. The Kier molecular flexibility index (Phi) is 4.95. The molecule has 0 atom stereocenters. The minimum Gasteiger partial charge on any atom is -0.468 e. The van der Waals surface area contributed by atoms with Gasteiger partial charge in [0.1, 0.15) is 6.54 Å². The molecule has 0 spiro atoms. The van der Waals surface area contributed by atoms with E-state index in [2.05, 4.69) is 4.74 Å². The molecule has 0 unspecified atom stereocenters. The van der Waals surface area contributed by atoms with Crippen LogP contribution in [0.15, 0.2) is 53.4 Å². The molecule has 0 bridgehead atoms. The maximum atomic E-state index is 13.4. The van der Waals surface area contributed by atoms with Gasteiger partial charge in [0.25, 0.3) is 10.0 Å². The Balaban J connectivity index is 2.54. The Hall–Kier alpha value is -2.48. The van der Waals surface area contributed by atoms with Crippen LogP contribution in [0, 0.1) is 11.6 Å². The number of hydrogen-bond donors (Lipinski definition) is 0. The first-order valence-electron chi connectivity index (χ1n) is 6.46. The Morgan fingerprint density at radius 1 is 1.09 bits per heavy atom. The Labute approximate surface area is 132 Å². The zero-order valence-corrected chi connectivity index (χ0v) is 12.9. The maximum Gasteiger partial charge on any atom is 0.326 e. The van der Waals surface area contributed by atoms with E-state index >= 15 is 0 Å². The first-order valence-corrected chi connectivity index (χ1v) is 7.90. The molecule has 2 aromatic rings. The second-order valence-corrected chi connectivity index (χ2v) is 6.36. The van der Waals surface area contributed by atoms with Gasteiger partial charge >= 0.3 is 5.97 Å². The largest absolute Gasteiger partial charge is 0.468 e. The molecule has 0 aromatic heterocycles. The molecule has 0 aliphatic heterocycles. The van der Waals surface area contributed by atoms with Gasteiger partial charge in [-0.25, -0.2) is 17.2 Å². The summed E-state index contributed by atoms with van der Waals surface area (Å²) in [6.07, 6.45) is 0. The predicted molar refractivity (Wildman–Crippen MR) is 79.3 cm³/mol. The highest BCUT2D eigenvalue weighted by Crippen LogP contribution is 2.25. The smallest absolute Gasteiger partial charge is 0.326 e. The molecule has 2 rings (SSSR count). The van der Waals surface area contributed by atoms with Gasteiger partial charge in [-0.2, -0.15) is 0 Å². The summed E-state index contributed by atoms with van der Waals surface area (Å²) in [7, 11) is -3.05. The van der Waals surface area contributed by atoms with Crippen molar-refractivity contribution in [3.8, 4) is 0 Å². The summed E-state index contributed by atoms with van der Waals surface area (Å²) in [5.74, 6) is -3.18. The van der Waals surface area contributed by atoms with E-state index in [1.165, 1.54) is 24.3 Å². The third kappa shape index (κ3) is 3.65. The highest BCUT2D eigenvalue weighted by molar-refractivity contribution is 7.92. The van der Waals surface area contributed by atoms with E-state index in [1.807, 2.05) is 0 Å². The summed E-state index contributed by atoms with van der Waals surface area (Å²) in [6.45, 7) is -0.668. The molecule has 0 saturated heterocycles. The van der Waals surface area contributed by atoms with Crippen molar-refractivity contribution in [2.45, 2.75) is 4.90 Å². The van der Waals surface area contributed by atoms with E-state index in [0.29, 0.717) is 10.4 Å². The molecule has 0 heterocycles. The van der Waals surface area contributed by atoms with Gasteiger partial charge in [0.05, 0.1) is 17.7 Å². The van der Waals surface area contributed by atoms with E-state index in [4.69, 9.17) is 0 Å². The van der Waals surface area contributed by atoms with E-state index in [0.717, 1.165) is 19.2 Å². The first-order chi connectivity index (χ1) is 10.9. The van der Waals surface area contributed by atoms with Crippen molar-refractivity contribution >= 4 is 21.7 Å². The predicted octanol–water partition coefficient (Wildman–Crippen LogP) is 2.33. The summed E-state index contributed by atoms with van der Waals surface area (Å²) in [6, 6.07) is 9.87. The number of ether oxygens (including phenoxy) is 1. The van der Waals surface area contributed by atoms with Crippen LogP contribution in [0.1, 0.15) is 0 Å². The fourth-order valence-electron chi connectivity index (χ4n) is 1.86. The number of halogens is 2. The van der Waals surface area contributed by atoms with Gasteiger partial charge in [-0.05, 0) is 24.3 Å². The van der Waals surface area contributed by atoms with E-state index in [-0.39, 0.29) is 10.6 Å². The summed E-state index contributed by atoms with van der Waals surface area (Å²) in [5.41, 5.74) is -0.182. The average Bonchev–Trinajstić information content (AvgIpc) is 2.55. The number of anilines is 1. The van der Waals surface area contributed by atoms with Crippen LogP contribution >= 0.6 is 0 Å². The van der Waals surface area contributed by atoms with Gasteiger partial charge in [-0.3, -0.25) is 9.10 Å². The number of sulfonamides is 1. The number of carbonyl (C=O) groups is 1. The third-order valence-electron chi connectivity index (χ3n) is 3.02. The molecule has 0 amide bonds. The summed E-state index contributed by atoms with van der Waals surface area (Å²) in [4.78, 5) is 11.4. The lowest BCUT2D eigenvalue weighted by Crippen LogP contribution is -2.36. The van der Waals surface area contributed by atoms with Gasteiger partial charge in [0.2, 0.25) is 0 Å². The molecule has 0 saturated carbocycles. The van der Waals surface area contributed by atoms with Crippen LogP contribution in [0.4, 0.5) is 14.5 Å². The third-order valence-corrected chi connectivity index (χ3v) is 4.81. The van der Waals surface area contributed by atoms with Crippen LogP contribution in [0.2, 0.25) is 0 Å². The molecule has 23 heavy (non-hydrogen) atoms. The van der Waals surface area contributed by atoms with Gasteiger partial charge in [-0.1, -0.05) is 18.2 Å². The van der Waals surface area contributed by atoms with Crippen LogP contribution < -0.4 is 4.31 Å².